The zero-order valence-corrected chi connectivity index (χ0v) is 15.3. The van der Waals surface area contributed by atoms with Crippen LogP contribution in [0.25, 0.3) is 16.6 Å². The van der Waals surface area contributed by atoms with Gasteiger partial charge in [0.2, 0.25) is 0 Å². The smallest absolute Gasteiger partial charge is 0.257 e. The number of nitrogens with zero attached hydrogens (tertiary/aromatic N) is 3. The van der Waals surface area contributed by atoms with Gasteiger partial charge in [0.15, 0.2) is 5.82 Å². The van der Waals surface area contributed by atoms with E-state index >= 15 is 0 Å². The molecule has 0 aliphatic heterocycles. The van der Waals surface area contributed by atoms with Gasteiger partial charge in [0.1, 0.15) is 0 Å². The number of rotatable bonds is 4. The van der Waals surface area contributed by atoms with Crippen molar-refractivity contribution in [3.05, 3.63) is 83.7 Å². The number of amides is 1. The molecule has 1 N–H and O–H groups in total. The molecule has 27 heavy (non-hydrogen) atoms. The van der Waals surface area contributed by atoms with E-state index in [2.05, 4.69) is 15.4 Å². The Hall–Kier alpha value is -3.47. The Kier molecular flexibility index (Phi) is 4.42. The van der Waals surface area contributed by atoms with E-state index in [0.29, 0.717) is 11.4 Å². The second-order valence-electron chi connectivity index (χ2n) is 6.36. The molecule has 1 amide bonds. The van der Waals surface area contributed by atoms with Crippen molar-refractivity contribution in [2.24, 2.45) is 0 Å². The van der Waals surface area contributed by atoms with Crippen molar-refractivity contribution in [2.45, 2.75) is 20.3 Å². The van der Waals surface area contributed by atoms with Crippen LogP contribution in [0.3, 0.4) is 0 Å². The van der Waals surface area contributed by atoms with Crippen molar-refractivity contribution in [3.8, 4) is 5.69 Å². The van der Waals surface area contributed by atoms with Gasteiger partial charge in [-0.15, -0.1) is 0 Å². The summed E-state index contributed by atoms with van der Waals surface area (Å²) < 4.78 is 1.74. The summed E-state index contributed by atoms with van der Waals surface area (Å²) in [7, 11) is 0. The summed E-state index contributed by atoms with van der Waals surface area (Å²) in [6, 6.07) is 19.3. The standard InChI is InChI=1S/C22H20N4O/c1-3-18-15(2)21(17-11-7-8-12-19(17)23-18)22(27)24-20-13-14-26(25-20)16-9-5-4-6-10-16/h4-14H,3H2,1-2H3,(H,24,25,27). The van der Waals surface area contributed by atoms with Crippen LogP contribution in [0.5, 0.6) is 0 Å². The lowest BCUT2D eigenvalue weighted by Gasteiger charge is -2.13. The third kappa shape index (κ3) is 3.19. The van der Waals surface area contributed by atoms with Crippen molar-refractivity contribution in [1.82, 2.24) is 14.8 Å². The van der Waals surface area contributed by atoms with Gasteiger partial charge in [0, 0.05) is 23.3 Å². The summed E-state index contributed by atoms with van der Waals surface area (Å²) in [6.07, 6.45) is 2.61. The van der Waals surface area contributed by atoms with Gasteiger partial charge >= 0.3 is 0 Å². The van der Waals surface area contributed by atoms with Gasteiger partial charge in [-0.3, -0.25) is 9.78 Å². The highest BCUT2D eigenvalue weighted by Crippen LogP contribution is 2.24. The lowest BCUT2D eigenvalue weighted by atomic mass is 9.99. The Bertz CT molecular complexity index is 1120. The number of benzene rings is 2. The Labute approximate surface area is 157 Å². The van der Waals surface area contributed by atoms with E-state index in [9.17, 15) is 4.79 Å². The Morgan fingerprint density at radius 2 is 1.78 bits per heavy atom. The number of aromatic nitrogens is 3. The van der Waals surface area contributed by atoms with Gasteiger partial charge in [-0.25, -0.2) is 4.68 Å². The molecule has 0 spiro atoms. The summed E-state index contributed by atoms with van der Waals surface area (Å²) in [5, 5.41) is 8.26. The SMILES string of the molecule is CCc1nc2ccccc2c(C(=O)Nc2ccn(-c3ccccc3)n2)c1C. The Morgan fingerprint density at radius 3 is 2.56 bits per heavy atom. The number of nitrogens with one attached hydrogen (secondary N) is 1. The molecule has 5 nitrogen and oxygen atoms in total. The molecule has 0 saturated carbocycles. The molecule has 4 rings (SSSR count). The molecule has 0 fully saturated rings. The van der Waals surface area contributed by atoms with Crippen molar-refractivity contribution in [2.75, 3.05) is 5.32 Å². The van der Waals surface area contributed by atoms with Crippen molar-refractivity contribution >= 4 is 22.6 Å². The molecule has 2 heterocycles. The highest BCUT2D eigenvalue weighted by Gasteiger charge is 2.18. The maximum Gasteiger partial charge on any atom is 0.257 e. The van der Waals surface area contributed by atoms with E-state index in [0.717, 1.165) is 34.3 Å². The third-order valence-electron chi connectivity index (χ3n) is 4.65. The quantitative estimate of drug-likeness (QED) is 0.584. The normalized spacial score (nSPS) is 10.9. The lowest BCUT2D eigenvalue weighted by molar-refractivity contribution is 0.102. The van der Waals surface area contributed by atoms with Crippen LogP contribution in [0.15, 0.2) is 66.9 Å². The molecule has 0 bridgehead atoms. The molecule has 0 radical (unpaired) electrons. The fourth-order valence-electron chi connectivity index (χ4n) is 3.29. The molecule has 0 aliphatic carbocycles. The number of carbonyl (C=O) groups is 1. The zero-order chi connectivity index (χ0) is 18.8. The largest absolute Gasteiger partial charge is 0.305 e. The predicted molar refractivity (Wildman–Crippen MR) is 107 cm³/mol. The fraction of sp³-hybridized carbons (Fsp3) is 0.136. The fourth-order valence-corrected chi connectivity index (χ4v) is 3.29. The average Bonchev–Trinajstić information content (AvgIpc) is 3.16. The van der Waals surface area contributed by atoms with E-state index in [-0.39, 0.29) is 5.91 Å². The second-order valence-corrected chi connectivity index (χ2v) is 6.36. The minimum atomic E-state index is -0.167. The molecule has 2 aromatic carbocycles. The summed E-state index contributed by atoms with van der Waals surface area (Å²) in [5.74, 6) is 0.348. The molecule has 2 aromatic heterocycles. The first-order valence-electron chi connectivity index (χ1n) is 8.98. The molecular weight excluding hydrogens is 336 g/mol. The van der Waals surface area contributed by atoms with E-state index in [4.69, 9.17) is 0 Å². The van der Waals surface area contributed by atoms with E-state index in [1.54, 1.807) is 10.7 Å². The molecule has 5 heteroatoms. The van der Waals surface area contributed by atoms with Gasteiger partial charge < -0.3 is 5.32 Å². The first kappa shape index (κ1) is 17.0. The van der Waals surface area contributed by atoms with Crippen molar-refractivity contribution in [3.63, 3.8) is 0 Å². The average molecular weight is 356 g/mol. The molecule has 134 valence electrons. The van der Waals surface area contributed by atoms with E-state index < -0.39 is 0 Å². The number of hydrogen-bond donors (Lipinski definition) is 1. The van der Waals surface area contributed by atoms with Crippen molar-refractivity contribution < 1.29 is 4.79 Å². The van der Waals surface area contributed by atoms with Crippen LogP contribution in [0, 0.1) is 6.92 Å². The first-order chi connectivity index (χ1) is 13.2. The number of fused-ring (bicyclic) bond motifs is 1. The van der Waals surface area contributed by atoms with Crippen LogP contribution in [0.1, 0.15) is 28.5 Å². The van der Waals surface area contributed by atoms with Gasteiger partial charge in [-0.2, -0.15) is 5.10 Å². The van der Waals surface area contributed by atoms with Gasteiger partial charge in [-0.05, 0) is 37.1 Å². The number of pyridine rings is 1. The van der Waals surface area contributed by atoms with E-state index in [1.165, 1.54) is 0 Å². The number of carbonyl (C=O) groups excluding carboxylic acids is 1. The summed E-state index contributed by atoms with van der Waals surface area (Å²) in [5.41, 5.74) is 4.29. The highest BCUT2D eigenvalue weighted by molar-refractivity contribution is 6.13. The van der Waals surface area contributed by atoms with E-state index in [1.807, 2.05) is 74.6 Å². The van der Waals surface area contributed by atoms with Crippen LogP contribution in [-0.2, 0) is 6.42 Å². The monoisotopic (exact) mass is 356 g/mol. The van der Waals surface area contributed by atoms with Crippen LogP contribution >= 0.6 is 0 Å². The van der Waals surface area contributed by atoms with Gasteiger partial charge in [0.05, 0.1) is 16.8 Å². The molecular formula is C22H20N4O. The van der Waals surface area contributed by atoms with Crippen molar-refractivity contribution in [1.29, 1.82) is 0 Å². The molecule has 0 unspecified atom stereocenters. The number of para-hydroxylation sites is 2. The van der Waals surface area contributed by atoms with Gasteiger partial charge in [0.25, 0.3) is 5.91 Å². The van der Waals surface area contributed by atoms with Gasteiger partial charge in [-0.1, -0.05) is 43.3 Å². The molecule has 0 saturated heterocycles. The number of hydrogen-bond acceptors (Lipinski definition) is 3. The van der Waals surface area contributed by atoms with Crippen LogP contribution in [0.2, 0.25) is 0 Å². The Morgan fingerprint density at radius 1 is 1.04 bits per heavy atom. The summed E-state index contributed by atoms with van der Waals surface area (Å²) in [4.78, 5) is 17.8. The minimum absolute atomic E-state index is 0.167. The summed E-state index contributed by atoms with van der Waals surface area (Å²) >= 11 is 0. The zero-order valence-electron chi connectivity index (χ0n) is 15.3. The molecule has 0 aliphatic rings. The topological polar surface area (TPSA) is 59.8 Å². The van der Waals surface area contributed by atoms with Crippen LogP contribution < -0.4 is 5.32 Å². The summed E-state index contributed by atoms with van der Waals surface area (Å²) in [6.45, 7) is 4.00. The molecule has 0 atom stereocenters. The number of anilines is 1. The Balaban J connectivity index is 1.70. The number of aryl methyl sites for hydroxylation is 1. The van der Waals surface area contributed by atoms with Crippen LogP contribution in [0.4, 0.5) is 5.82 Å². The van der Waals surface area contributed by atoms with Crippen LogP contribution in [-0.4, -0.2) is 20.7 Å². The molecule has 4 aromatic rings. The first-order valence-corrected chi connectivity index (χ1v) is 8.98. The maximum atomic E-state index is 13.1. The highest BCUT2D eigenvalue weighted by atomic mass is 16.1. The maximum absolute atomic E-state index is 13.1. The lowest BCUT2D eigenvalue weighted by Crippen LogP contribution is -2.16. The third-order valence-corrected chi connectivity index (χ3v) is 4.65. The minimum Gasteiger partial charge on any atom is -0.305 e. The predicted octanol–water partition coefficient (Wildman–Crippen LogP) is 4.54. The second kappa shape index (κ2) is 7.03.